The van der Waals surface area contributed by atoms with Crippen molar-refractivity contribution in [2.45, 2.75) is 6.42 Å². The van der Waals surface area contributed by atoms with E-state index in [0.29, 0.717) is 0 Å². The van der Waals surface area contributed by atoms with Gasteiger partial charge in [0.2, 0.25) is 5.28 Å². The maximum absolute atomic E-state index is 6.18. The van der Waals surface area contributed by atoms with Gasteiger partial charge in [-0.1, -0.05) is 29.8 Å². The van der Waals surface area contributed by atoms with Crippen molar-refractivity contribution in [3.8, 4) is 0 Å². The summed E-state index contributed by atoms with van der Waals surface area (Å²) < 4.78 is 0. The van der Waals surface area contributed by atoms with Crippen LogP contribution in [0.2, 0.25) is 10.3 Å². The van der Waals surface area contributed by atoms with Gasteiger partial charge in [-0.2, -0.15) is 0 Å². The molecule has 0 aliphatic heterocycles. The summed E-state index contributed by atoms with van der Waals surface area (Å²) in [4.78, 5) is 8.18. The summed E-state index contributed by atoms with van der Waals surface area (Å²) in [6, 6.07) is 7.79. The Morgan fingerprint density at radius 3 is 2.76 bits per heavy atom. The fraction of sp³-hybridized carbons (Fsp3) is 0.0769. The minimum atomic E-state index is 0.278. The van der Waals surface area contributed by atoms with Gasteiger partial charge in [-0.25, -0.2) is 9.97 Å². The summed E-state index contributed by atoms with van der Waals surface area (Å²) >= 11 is 11.9. The Morgan fingerprint density at radius 1 is 1.12 bits per heavy atom. The number of nitrogens with zero attached hydrogens (tertiary/aromatic N) is 2. The molecule has 0 N–H and O–H groups in total. The van der Waals surface area contributed by atoms with Crippen molar-refractivity contribution in [2.75, 3.05) is 0 Å². The predicted octanol–water partition coefficient (Wildman–Crippen LogP) is 3.88. The standard InChI is InChI=1S/C13H8Cl2N2/c14-11-4-2-1-3-10(11)8-5-9-7-16-13(15)17-12(9)6-8/h1-4,6-7H,5H2. The Hall–Kier alpha value is -1.38. The Kier molecular flexibility index (Phi) is 2.61. The summed E-state index contributed by atoms with van der Waals surface area (Å²) in [5, 5.41) is 1.03. The first-order chi connectivity index (χ1) is 8.24. The maximum atomic E-state index is 6.18. The molecule has 84 valence electrons. The van der Waals surface area contributed by atoms with Gasteiger partial charge in [-0.05, 0) is 34.9 Å². The lowest BCUT2D eigenvalue weighted by Crippen LogP contribution is -1.90. The molecule has 1 aromatic heterocycles. The molecule has 0 spiro atoms. The molecule has 17 heavy (non-hydrogen) atoms. The molecule has 0 amide bonds. The van der Waals surface area contributed by atoms with Crippen LogP contribution in [-0.4, -0.2) is 9.97 Å². The van der Waals surface area contributed by atoms with Crippen LogP contribution >= 0.6 is 23.2 Å². The normalized spacial score (nSPS) is 13.4. The Balaban J connectivity index is 2.05. The van der Waals surface area contributed by atoms with E-state index in [4.69, 9.17) is 23.2 Å². The maximum Gasteiger partial charge on any atom is 0.222 e. The summed E-state index contributed by atoms with van der Waals surface area (Å²) in [6.45, 7) is 0. The zero-order chi connectivity index (χ0) is 11.8. The van der Waals surface area contributed by atoms with E-state index in [-0.39, 0.29) is 5.28 Å². The number of benzene rings is 1. The van der Waals surface area contributed by atoms with Gasteiger partial charge in [-0.3, -0.25) is 0 Å². The number of fused-ring (bicyclic) bond motifs is 1. The molecule has 1 aromatic carbocycles. The summed E-state index contributed by atoms with van der Waals surface area (Å²) in [6.07, 6.45) is 4.59. The van der Waals surface area contributed by atoms with Crippen LogP contribution < -0.4 is 0 Å². The van der Waals surface area contributed by atoms with Gasteiger partial charge in [0.1, 0.15) is 0 Å². The van der Waals surface area contributed by atoms with Crippen LogP contribution in [0.15, 0.2) is 30.5 Å². The fourth-order valence-corrected chi connectivity index (χ4v) is 2.37. The van der Waals surface area contributed by atoms with Crippen molar-refractivity contribution in [1.29, 1.82) is 0 Å². The highest BCUT2D eigenvalue weighted by molar-refractivity contribution is 6.32. The summed E-state index contributed by atoms with van der Waals surface area (Å²) in [7, 11) is 0. The second kappa shape index (κ2) is 4.13. The molecule has 0 bridgehead atoms. The number of hydrogen-bond acceptors (Lipinski definition) is 2. The van der Waals surface area contributed by atoms with Crippen LogP contribution in [0.5, 0.6) is 0 Å². The van der Waals surface area contributed by atoms with E-state index in [1.807, 2.05) is 30.3 Å². The Bertz CT molecular complexity index is 621. The molecule has 1 aliphatic carbocycles. The van der Waals surface area contributed by atoms with Crippen LogP contribution in [0, 0.1) is 0 Å². The molecule has 3 rings (SSSR count). The van der Waals surface area contributed by atoms with Gasteiger partial charge in [0.15, 0.2) is 0 Å². The molecule has 4 heteroatoms. The monoisotopic (exact) mass is 262 g/mol. The van der Waals surface area contributed by atoms with E-state index >= 15 is 0 Å². The largest absolute Gasteiger partial charge is 0.226 e. The van der Waals surface area contributed by atoms with Crippen molar-refractivity contribution >= 4 is 34.9 Å². The topological polar surface area (TPSA) is 25.8 Å². The second-order valence-electron chi connectivity index (χ2n) is 3.88. The quantitative estimate of drug-likeness (QED) is 0.729. The number of halogens is 2. The highest BCUT2D eigenvalue weighted by atomic mass is 35.5. The molecule has 0 atom stereocenters. The molecule has 1 heterocycles. The van der Waals surface area contributed by atoms with Crippen molar-refractivity contribution in [1.82, 2.24) is 9.97 Å². The van der Waals surface area contributed by atoms with Crippen molar-refractivity contribution in [2.24, 2.45) is 0 Å². The van der Waals surface area contributed by atoms with Gasteiger partial charge in [0, 0.05) is 23.2 Å². The molecular weight excluding hydrogens is 255 g/mol. The minimum absolute atomic E-state index is 0.278. The average Bonchev–Trinajstić information content (AvgIpc) is 2.72. The number of rotatable bonds is 1. The molecule has 2 aromatic rings. The third kappa shape index (κ3) is 1.94. The first kappa shape index (κ1) is 10.8. The van der Waals surface area contributed by atoms with Gasteiger partial charge in [0.25, 0.3) is 0 Å². The molecule has 0 saturated carbocycles. The zero-order valence-corrected chi connectivity index (χ0v) is 10.3. The minimum Gasteiger partial charge on any atom is -0.226 e. The van der Waals surface area contributed by atoms with E-state index in [1.165, 1.54) is 0 Å². The van der Waals surface area contributed by atoms with E-state index in [9.17, 15) is 0 Å². The van der Waals surface area contributed by atoms with E-state index in [1.54, 1.807) is 6.20 Å². The average molecular weight is 263 g/mol. The Labute approximate surface area is 109 Å². The summed E-state index contributed by atoms with van der Waals surface area (Å²) in [5.74, 6) is 0. The first-order valence-corrected chi connectivity index (χ1v) is 5.96. The molecular formula is C13H8Cl2N2. The SMILES string of the molecule is Clc1ncc2c(n1)C=C(c1ccccc1Cl)C2. The zero-order valence-electron chi connectivity index (χ0n) is 8.82. The molecule has 0 unspecified atom stereocenters. The van der Waals surface area contributed by atoms with Crippen molar-refractivity contribution < 1.29 is 0 Å². The van der Waals surface area contributed by atoms with Gasteiger partial charge >= 0.3 is 0 Å². The summed E-state index contributed by atoms with van der Waals surface area (Å²) in [5.41, 5.74) is 4.18. The highest BCUT2D eigenvalue weighted by Gasteiger charge is 2.17. The number of aromatic nitrogens is 2. The fourth-order valence-electron chi connectivity index (χ4n) is 1.97. The third-order valence-corrected chi connectivity index (χ3v) is 3.29. The number of hydrogen-bond donors (Lipinski definition) is 0. The van der Waals surface area contributed by atoms with Crippen LogP contribution in [0.3, 0.4) is 0 Å². The van der Waals surface area contributed by atoms with Gasteiger partial charge in [0.05, 0.1) is 5.69 Å². The second-order valence-corrected chi connectivity index (χ2v) is 4.62. The van der Waals surface area contributed by atoms with Crippen LogP contribution in [0.25, 0.3) is 11.6 Å². The smallest absolute Gasteiger partial charge is 0.222 e. The first-order valence-electron chi connectivity index (χ1n) is 5.21. The lowest BCUT2D eigenvalue weighted by atomic mass is 10.0. The van der Waals surface area contributed by atoms with Crippen LogP contribution in [0.1, 0.15) is 16.8 Å². The molecule has 0 radical (unpaired) electrons. The molecule has 1 aliphatic rings. The van der Waals surface area contributed by atoms with Crippen molar-refractivity contribution in [3.63, 3.8) is 0 Å². The lowest BCUT2D eigenvalue weighted by molar-refractivity contribution is 1.10. The predicted molar refractivity (Wildman–Crippen MR) is 70.1 cm³/mol. The van der Waals surface area contributed by atoms with Crippen LogP contribution in [-0.2, 0) is 6.42 Å². The van der Waals surface area contributed by atoms with Crippen LogP contribution in [0.4, 0.5) is 0 Å². The van der Waals surface area contributed by atoms with E-state index in [0.717, 1.165) is 33.8 Å². The highest BCUT2D eigenvalue weighted by Crippen LogP contribution is 2.33. The molecule has 2 nitrogen and oxygen atoms in total. The van der Waals surface area contributed by atoms with Crippen molar-refractivity contribution in [3.05, 3.63) is 57.6 Å². The number of allylic oxidation sites excluding steroid dienone is 1. The third-order valence-electron chi connectivity index (χ3n) is 2.78. The lowest BCUT2D eigenvalue weighted by Gasteiger charge is -2.03. The Morgan fingerprint density at radius 2 is 1.94 bits per heavy atom. The van der Waals surface area contributed by atoms with Gasteiger partial charge in [-0.15, -0.1) is 0 Å². The van der Waals surface area contributed by atoms with Gasteiger partial charge < -0.3 is 0 Å². The molecule has 0 saturated heterocycles. The molecule has 0 fully saturated rings. The van der Waals surface area contributed by atoms with E-state index < -0.39 is 0 Å². The van der Waals surface area contributed by atoms with E-state index in [2.05, 4.69) is 9.97 Å².